The predicted octanol–water partition coefficient (Wildman–Crippen LogP) is 0.271. The second kappa shape index (κ2) is 11.0. The molecule has 0 radical (unpaired) electrons. The fourth-order valence-electron chi connectivity index (χ4n) is 2.20. The van der Waals surface area contributed by atoms with Crippen LogP contribution in [0.1, 0.15) is 39.0 Å². The zero-order valence-corrected chi connectivity index (χ0v) is 13.8. The third-order valence-corrected chi connectivity index (χ3v) is 6.71. The van der Waals surface area contributed by atoms with Crippen LogP contribution in [0.4, 0.5) is 0 Å². The van der Waals surface area contributed by atoms with Gasteiger partial charge in [0.2, 0.25) is 0 Å². The molecule has 1 fully saturated rings. The van der Waals surface area contributed by atoms with E-state index in [0.717, 1.165) is 5.92 Å². The topological polar surface area (TPSA) is 0 Å². The third kappa shape index (κ3) is 7.72. The molecule has 0 saturated carbocycles. The van der Waals surface area contributed by atoms with E-state index in [1.54, 1.807) is 18.1 Å². The van der Waals surface area contributed by atoms with Crippen molar-refractivity contribution in [2.24, 2.45) is 5.92 Å². The Hall–Kier alpha value is 1.46. The Balaban J connectivity index is 0. The molecule has 1 aliphatic rings. The van der Waals surface area contributed by atoms with Crippen LogP contribution in [0.3, 0.4) is 0 Å². The molecule has 0 nitrogen and oxygen atoms in total. The van der Waals surface area contributed by atoms with Crippen LogP contribution in [0, 0.1) is 12.8 Å². The average molecular weight is 288 g/mol. The van der Waals surface area contributed by atoms with Gasteiger partial charge in [-0.2, -0.15) is 5.92 Å². The molecule has 0 aromatic rings. The quantitative estimate of drug-likeness (QED) is 0.396. The molecule has 0 N–H and O–H groups in total. The maximum Gasteiger partial charge on any atom is 2.00 e. The van der Waals surface area contributed by atoms with Gasteiger partial charge in [-0.05, 0) is 0 Å². The molecular formula is C11H23BrMgSi. The van der Waals surface area contributed by atoms with E-state index in [-0.39, 0.29) is 48.8 Å². The summed E-state index contributed by atoms with van der Waals surface area (Å²) in [5, 5.41) is 0. The molecular weight excluding hydrogens is 264 g/mol. The number of unbranched alkanes of at least 4 members (excludes halogenated alkanes) is 2. The van der Waals surface area contributed by atoms with E-state index in [4.69, 9.17) is 0 Å². The van der Waals surface area contributed by atoms with Gasteiger partial charge < -0.3 is 23.9 Å². The first kappa shape index (κ1) is 17.8. The summed E-state index contributed by atoms with van der Waals surface area (Å²) in [6.45, 7) is 6.45. The summed E-state index contributed by atoms with van der Waals surface area (Å²) in [6, 6.07) is 4.82. The SMILES string of the molecule is [Br-].[CH2-]C1CC[SiH](CCCCC)CC1.[Mg+2]. The summed E-state index contributed by atoms with van der Waals surface area (Å²) < 4.78 is 0. The van der Waals surface area contributed by atoms with Gasteiger partial charge in [0.05, 0.1) is 0 Å². The first-order chi connectivity index (χ1) is 5.83. The normalized spacial score (nSPS) is 26.1. The van der Waals surface area contributed by atoms with Crippen LogP contribution in [0.25, 0.3) is 0 Å². The van der Waals surface area contributed by atoms with Gasteiger partial charge in [0.15, 0.2) is 0 Å². The largest absolute Gasteiger partial charge is 2.00 e. The van der Waals surface area contributed by atoms with Crippen LogP contribution >= 0.6 is 0 Å². The van der Waals surface area contributed by atoms with Gasteiger partial charge in [0.1, 0.15) is 0 Å². The van der Waals surface area contributed by atoms with E-state index in [0.29, 0.717) is 0 Å². The van der Waals surface area contributed by atoms with Crippen molar-refractivity contribution in [1.29, 1.82) is 0 Å². The Kier molecular flexibility index (Phi) is 14.0. The molecule has 80 valence electrons. The summed E-state index contributed by atoms with van der Waals surface area (Å²) in [5.41, 5.74) is 0. The van der Waals surface area contributed by atoms with Crippen molar-refractivity contribution in [3.05, 3.63) is 6.92 Å². The molecule has 0 spiro atoms. The maximum atomic E-state index is 4.15. The van der Waals surface area contributed by atoms with Crippen molar-refractivity contribution in [3.63, 3.8) is 0 Å². The smallest absolute Gasteiger partial charge is 1.00 e. The van der Waals surface area contributed by atoms with Crippen LogP contribution < -0.4 is 17.0 Å². The minimum Gasteiger partial charge on any atom is -1.00 e. The molecule has 1 aliphatic heterocycles. The summed E-state index contributed by atoms with van der Waals surface area (Å²) >= 11 is 0. The number of hydrogen-bond acceptors (Lipinski definition) is 0. The van der Waals surface area contributed by atoms with Crippen LogP contribution in [0.2, 0.25) is 18.1 Å². The van der Waals surface area contributed by atoms with Crippen LogP contribution in [0.15, 0.2) is 0 Å². The van der Waals surface area contributed by atoms with Crippen LogP contribution in [-0.4, -0.2) is 31.8 Å². The van der Waals surface area contributed by atoms with Crippen LogP contribution in [0.5, 0.6) is 0 Å². The summed E-state index contributed by atoms with van der Waals surface area (Å²) in [7, 11) is -0.236. The summed E-state index contributed by atoms with van der Waals surface area (Å²) in [4.78, 5) is 0. The molecule has 0 atom stereocenters. The number of rotatable bonds is 4. The Morgan fingerprint density at radius 1 is 1.21 bits per heavy atom. The van der Waals surface area contributed by atoms with E-state index >= 15 is 0 Å². The number of hydrogen-bond donors (Lipinski definition) is 0. The van der Waals surface area contributed by atoms with E-state index in [9.17, 15) is 0 Å². The zero-order valence-electron chi connectivity index (χ0n) is 9.60. The van der Waals surface area contributed by atoms with Gasteiger partial charge in [-0.1, -0.05) is 57.2 Å². The van der Waals surface area contributed by atoms with Crippen molar-refractivity contribution in [2.45, 2.75) is 57.2 Å². The van der Waals surface area contributed by atoms with E-state index in [2.05, 4.69) is 13.8 Å². The first-order valence-electron chi connectivity index (χ1n) is 5.66. The van der Waals surface area contributed by atoms with Crippen molar-refractivity contribution >= 4 is 31.8 Å². The van der Waals surface area contributed by atoms with Crippen molar-refractivity contribution < 1.29 is 17.0 Å². The minimum atomic E-state index is -0.236. The maximum absolute atomic E-state index is 4.15. The van der Waals surface area contributed by atoms with Crippen molar-refractivity contribution in [2.75, 3.05) is 0 Å². The van der Waals surface area contributed by atoms with E-state index in [1.807, 2.05) is 0 Å². The molecule has 0 aliphatic carbocycles. The van der Waals surface area contributed by atoms with Crippen molar-refractivity contribution in [1.82, 2.24) is 0 Å². The Morgan fingerprint density at radius 2 is 1.79 bits per heavy atom. The van der Waals surface area contributed by atoms with E-state index in [1.165, 1.54) is 32.1 Å². The first-order valence-corrected chi connectivity index (χ1v) is 8.11. The molecule has 1 heterocycles. The molecule has 1 rings (SSSR count). The molecule has 0 amide bonds. The second-order valence-electron chi connectivity index (χ2n) is 4.38. The van der Waals surface area contributed by atoms with Gasteiger partial charge in [-0.15, -0.1) is 0 Å². The summed E-state index contributed by atoms with van der Waals surface area (Å²) in [5.74, 6) is 0.805. The Labute approximate surface area is 118 Å². The fourth-order valence-corrected chi connectivity index (χ4v) is 5.82. The molecule has 0 unspecified atom stereocenters. The number of halogens is 1. The van der Waals surface area contributed by atoms with Gasteiger partial charge in [0.25, 0.3) is 0 Å². The monoisotopic (exact) mass is 286 g/mol. The fraction of sp³-hybridized carbons (Fsp3) is 0.909. The Bertz CT molecular complexity index is 114. The van der Waals surface area contributed by atoms with Gasteiger partial charge in [-0.3, -0.25) is 0 Å². The predicted molar refractivity (Wildman–Crippen MR) is 64.9 cm³/mol. The molecule has 14 heavy (non-hydrogen) atoms. The zero-order chi connectivity index (χ0) is 8.81. The van der Waals surface area contributed by atoms with Crippen LogP contribution in [-0.2, 0) is 0 Å². The van der Waals surface area contributed by atoms with Gasteiger partial charge in [0, 0.05) is 8.80 Å². The van der Waals surface area contributed by atoms with Crippen molar-refractivity contribution in [3.8, 4) is 0 Å². The minimum absolute atomic E-state index is 0. The molecule has 3 heteroatoms. The third-order valence-electron chi connectivity index (χ3n) is 3.18. The molecule has 0 aromatic heterocycles. The second-order valence-corrected chi connectivity index (χ2v) is 7.85. The van der Waals surface area contributed by atoms with Gasteiger partial charge >= 0.3 is 23.1 Å². The van der Waals surface area contributed by atoms with Gasteiger partial charge in [-0.25, -0.2) is 0 Å². The Morgan fingerprint density at radius 3 is 2.29 bits per heavy atom. The molecule has 1 saturated heterocycles. The van der Waals surface area contributed by atoms with E-state index < -0.39 is 0 Å². The average Bonchev–Trinajstić information content (AvgIpc) is 2.09. The molecule has 0 bridgehead atoms. The summed E-state index contributed by atoms with van der Waals surface area (Å²) in [6.07, 6.45) is 7.28. The molecule has 0 aromatic carbocycles. The standard InChI is InChI=1S/C11H23Si.BrH.Mg/c1-3-4-5-8-12-9-6-11(2)7-10-12;;/h11-12H,2-10H2,1H3;1H;/q-1;;+2/p-1.